The zero-order valence-electron chi connectivity index (χ0n) is 5.66. The number of nitrogens with zero attached hydrogens (tertiary/aromatic N) is 2. The summed E-state index contributed by atoms with van der Waals surface area (Å²) in [5.41, 5.74) is 1.70. The zero-order valence-corrected chi connectivity index (χ0v) is 6.42. The summed E-state index contributed by atoms with van der Waals surface area (Å²) < 4.78 is 1.45. The predicted molar refractivity (Wildman–Crippen MR) is 44.9 cm³/mol. The van der Waals surface area contributed by atoms with Crippen LogP contribution in [0.15, 0.2) is 24.5 Å². The highest BCUT2D eigenvalue weighted by atomic mass is 35.5. The lowest BCUT2D eigenvalue weighted by atomic mass is 10.3. The number of fused-ring (bicyclic) bond motifs is 1. The zero-order chi connectivity index (χ0) is 7.84. The van der Waals surface area contributed by atoms with Crippen molar-refractivity contribution in [2.24, 2.45) is 0 Å². The highest BCUT2D eigenvalue weighted by Crippen LogP contribution is 2.16. The van der Waals surface area contributed by atoms with Crippen LogP contribution < -0.4 is 5.84 Å². The first kappa shape index (κ1) is 6.49. The van der Waals surface area contributed by atoms with Gasteiger partial charge >= 0.3 is 0 Å². The van der Waals surface area contributed by atoms with Crippen LogP contribution in [0.4, 0.5) is 0 Å². The van der Waals surface area contributed by atoms with Gasteiger partial charge < -0.3 is 5.84 Å². The van der Waals surface area contributed by atoms with Gasteiger partial charge in [-0.15, -0.1) is 0 Å². The molecule has 2 aromatic rings. The summed E-state index contributed by atoms with van der Waals surface area (Å²) in [7, 11) is 0. The minimum Gasteiger partial charge on any atom is -0.338 e. The van der Waals surface area contributed by atoms with Gasteiger partial charge in [0.15, 0.2) is 0 Å². The maximum absolute atomic E-state index is 5.75. The summed E-state index contributed by atoms with van der Waals surface area (Å²) >= 11 is 5.75. The Kier molecular flexibility index (Phi) is 1.26. The second-order valence-electron chi connectivity index (χ2n) is 2.28. The van der Waals surface area contributed by atoms with E-state index in [9.17, 15) is 0 Å². The van der Waals surface area contributed by atoms with E-state index in [0.717, 1.165) is 11.0 Å². The van der Waals surface area contributed by atoms with Crippen molar-refractivity contribution in [3.05, 3.63) is 29.5 Å². The maximum Gasteiger partial charge on any atom is 0.115 e. The normalized spacial score (nSPS) is 10.6. The Balaban J connectivity index is 2.87. The third-order valence-corrected chi connectivity index (χ3v) is 1.77. The fourth-order valence-corrected chi connectivity index (χ4v) is 1.17. The van der Waals surface area contributed by atoms with Crippen molar-refractivity contribution in [3.63, 3.8) is 0 Å². The Bertz CT molecular complexity index is 393. The summed E-state index contributed by atoms with van der Waals surface area (Å²) in [5.74, 6) is 5.54. The molecule has 2 N–H and O–H groups in total. The Hall–Kier alpha value is -1.22. The number of hydrogen-bond acceptors (Lipinski definition) is 2. The van der Waals surface area contributed by atoms with Crippen LogP contribution in [0.1, 0.15) is 0 Å². The van der Waals surface area contributed by atoms with Gasteiger partial charge in [-0.25, -0.2) is 9.66 Å². The monoisotopic (exact) mass is 167 g/mol. The molecule has 0 fully saturated rings. The van der Waals surface area contributed by atoms with E-state index < -0.39 is 0 Å². The van der Waals surface area contributed by atoms with Gasteiger partial charge in [0.2, 0.25) is 0 Å². The van der Waals surface area contributed by atoms with Crippen molar-refractivity contribution >= 4 is 22.6 Å². The van der Waals surface area contributed by atoms with E-state index in [1.54, 1.807) is 18.5 Å². The SMILES string of the molecule is Nn1cnc2ccc(Cl)cc21. The molecule has 1 aromatic carbocycles. The minimum atomic E-state index is 0.671. The van der Waals surface area contributed by atoms with Crippen LogP contribution in [0, 0.1) is 0 Å². The lowest BCUT2D eigenvalue weighted by Crippen LogP contribution is -2.04. The highest BCUT2D eigenvalue weighted by Gasteiger charge is 1.98. The van der Waals surface area contributed by atoms with Gasteiger partial charge in [-0.1, -0.05) is 11.6 Å². The Morgan fingerprint density at radius 1 is 1.45 bits per heavy atom. The van der Waals surface area contributed by atoms with Crippen molar-refractivity contribution in [1.82, 2.24) is 9.66 Å². The van der Waals surface area contributed by atoms with E-state index >= 15 is 0 Å². The number of rotatable bonds is 0. The maximum atomic E-state index is 5.75. The van der Waals surface area contributed by atoms with E-state index in [4.69, 9.17) is 17.4 Å². The van der Waals surface area contributed by atoms with Gasteiger partial charge in [-0.3, -0.25) is 0 Å². The average molecular weight is 168 g/mol. The number of hydrogen-bond donors (Lipinski definition) is 1. The fourth-order valence-electron chi connectivity index (χ4n) is 0.999. The number of nitrogen functional groups attached to an aromatic ring is 1. The number of aromatic nitrogens is 2. The molecule has 0 saturated carbocycles. The van der Waals surface area contributed by atoms with Crippen LogP contribution >= 0.6 is 11.6 Å². The van der Waals surface area contributed by atoms with Crippen LogP contribution in [0.3, 0.4) is 0 Å². The highest BCUT2D eigenvalue weighted by molar-refractivity contribution is 6.31. The molecule has 2 rings (SSSR count). The molecule has 0 radical (unpaired) electrons. The molecule has 1 heterocycles. The molecule has 4 heteroatoms. The van der Waals surface area contributed by atoms with Crippen molar-refractivity contribution in [1.29, 1.82) is 0 Å². The fraction of sp³-hybridized carbons (Fsp3) is 0. The molecule has 3 nitrogen and oxygen atoms in total. The van der Waals surface area contributed by atoms with Gasteiger partial charge in [0.1, 0.15) is 6.33 Å². The van der Waals surface area contributed by atoms with Crippen molar-refractivity contribution in [2.75, 3.05) is 5.84 Å². The molecule has 0 amide bonds. The first-order valence-corrected chi connectivity index (χ1v) is 3.53. The smallest absolute Gasteiger partial charge is 0.115 e. The molecule has 0 saturated heterocycles. The van der Waals surface area contributed by atoms with Gasteiger partial charge in [-0.2, -0.15) is 0 Å². The topological polar surface area (TPSA) is 43.8 Å². The molecule has 0 bridgehead atoms. The van der Waals surface area contributed by atoms with Crippen LogP contribution in [0.5, 0.6) is 0 Å². The molecule has 11 heavy (non-hydrogen) atoms. The Morgan fingerprint density at radius 3 is 3.09 bits per heavy atom. The second-order valence-corrected chi connectivity index (χ2v) is 2.72. The molecular weight excluding hydrogens is 162 g/mol. The van der Waals surface area contributed by atoms with Gasteiger partial charge in [0, 0.05) is 5.02 Å². The first-order chi connectivity index (χ1) is 5.27. The van der Waals surface area contributed by atoms with Crippen molar-refractivity contribution in [3.8, 4) is 0 Å². The van der Waals surface area contributed by atoms with E-state index in [1.807, 2.05) is 6.07 Å². The summed E-state index contributed by atoms with van der Waals surface area (Å²) in [4.78, 5) is 4.04. The number of imidazole rings is 1. The van der Waals surface area contributed by atoms with Crippen LogP contribution in [0.25, 0.3) is 11.0 Å². The quantitative estimate of drug-likeness (QED) is 0.603. The van der Waals surface area contributed by atoms with Gasteiger partial charge in [0.25, 0.3) is 0 Å². The predicted octanol–water partition coefficient (Wildman–Crippen LogP) is 1.40. The summed E-state index contributed by atoms with van der Waals surface area (Å²) in [5, 5.41) is 0.671. The molecular formula is C7H6ClN3. The largest absolute Gasteiger partial charge is 0.338 e. The van der Waals surface area contributed by atoms with Gasteiger partial charge in [0.05, 0.1) is 11.0 Å². The van der Waals surface area contributed by atoms with Crippen molar-refractivity contribution in [2.45, 2.75) is 0 Å². The van der Waals surface area contributed by atoms with E-state index in [2.05, 4.69) is 4.98 Å². The second kappa shape index (κ2) is 2.13. The van der Waals surface area contributed by atoms with Crippen LogP contribution in [-0.4, -0.2) is 9.66 Å². The lowest BCUT2D eigenvalue weighted by molar-refractivity contribution is 1.04. The Labute approximate surface area is 68.4 Å². The molecule has 56 valence electrons. The third kappa shape index (κ3) is 0.935. The molecule has 0 atom stereocenters. The summed E-state index contributed by atoms with van der Waals surface area (Å²) in [6.45, 7) is 0. The number of halogens is 1. The van der Waals surface area contributed by atoms with Crippen LogP contribution in [-0.2, 0) is 0 Å². The molecule has 1 aromatic heterocycles. The minimum absolute atomic E-state index is 0.671. The third-order valence-electron chi connectivity index (χ3n) is 1.54. The molecule has 0 aliphatic heterocycles. The van der Waals surface area contributed by atoms with Crippen molar-refractivity contribution < 1.29 is 0 Å². The number of nitrogens with two attached hydrogens (primary N) is 1. The van der Waals surface area contributed by atoms with Crippen LogP contribution in [0.2, 0.25) is 5.02 Å². The average Bonchev–Trinajstić information content (AvgIpc) is 2.33. The Morgan fingerprint density at radius 2 is 2.27 bits per heavy atom. The van der Waals surface area contributed by atoms with Gasteiger partial charge in [-0.05, 0) is 18.2 Å². The molecule has 0 aliphatic rings. The first-order valence-electron chi connectivity index (χ1n) is 3.15. The van der Waals surface area contributed by atoms with E-state index in [-0.39, 0.29) is 0 Å². The summed E-state index contributed by atoms with van der Waals surface area (Å²) in [6, 6.07) is 5.40. The molecule has 0 unspecified atom stereocenters. The molecule has 0 spiro atoms. The lowest BCUT2D eigenvalue weighted by Gasteiger charge is -1.93. The standard InChI is InChI=1S/C7H6ClN3/c8-5-1-2-6-7(3-5)11(9)4-10-6/h1-4H,9H2. The molecule has 0 aliphatic carbocycles. The number of benzene rings is 1. The summed E-state index contributed by atoms with van der Waals surface area (Å²) in [6.07, 6.45) is 1.56. The van der Waals surface area contributed by atoms with E-state index in [0.29, 0.717) is 5.02 Å². The van der Waals surface area contributed by atoms with E-state index in [1.165, 1.54) is 4.68 Å².